The Morgan fingerprint density at radius 3 is 2.14 bits per heavy atom. The zero-order chi connectivity index (χ0) is 26.9. The first-order valence-corrected chi connectivity index (χ1v) is 12.1. The van der Waals surface area contributed by atoms with Crippen LogP contribution in [0.4, 0.5) is 4.79 Å². The van der Waals surface area contributed by atoms with Crippen LogP contribution < -0.4 is 10.6 Å². The van der Waals surface area contributed by atoms with Crippen molar-refractivity contribution in [3.8, 4) is 11.1 Å². The highest BCUT2D eigenvalue weighted by Crippen LogP contribution is 2.44. The van der Waals surface area contributed by atoms with E-state index < -0.39 is 35.8 Å². The minimum Gasteiger partial charge on any atom is -0.480 e. The standard InChI is InChI=1S/C27H30N4O6/c1-16(2)13-24(25(33)30-23(26(34)35)12-11-17(32)14-29-28)31-27(36)37-15-22-20-9-5-3-7-18(20)19-8-4-6-10-21(19)22/h3-10,14,16,22-24H,11-13,15H2,1-2H3,(H,30,33)(H,31,36)(H,34,35)/t23-,24-/m0/s1. The summed E-state index contributed by atoms with van der Waals surface area (Å²) in [5.41, 5.74) is 12.7. The van der Waals surface area contributed by atoms with Crippen LogP contribution in [0.15, 0.2) is 48.5 Å². The summed E-state index contributed by atoms with van der Waals surface area (Å²) in [5.74, 6) is -2.75. The molecule has 3 rings (SSSR count). The minimum atomic E-state index is -1.36. The Morgan fingerprint density at radius 1 is 1.00 bits per heavy atom. The fourth-order valence-corrected chi connectivity index (χ4v) is 4.43. The van der Waals surface area contributed by atoms with E-state index in [1.54, 1.807) is 0 Å². The number of benzene rings is 2. The van der Waals surface area contributed by atoms with Gasteiger partial charge in [-0.1, -0.05) is 62.4 Å². The van der Waals surface area contributed by atoms with Gasteiger partial charge in [0, 0.05) is 12.3 Å². The number of Topliss-reactive ketones (excluding diaryl/α,β-unsaturated/α-hetero) is 1. The summed E-state index contributed by atoms with van der Waals surface area (Å²) in [7, 11) is 0. The number of carbonyl (C=O) groups is 4. The molecule has 0 aliphatic heterocycles. The van der Waals surface area contributed by atoms with Crippen molar-refractivity contribution in [2.24, 2.45) is 5.92 Å². The SMILES string of the molecule is CC(C)C[C@H](NC(=O)OCC1c2ccccc2-c2ccccc21)C(=O)N[C@@H](CCC(=O)C=[N+]=[N-])C(=O)O. The van der Waals surface area contributed by atoms with E-state index in [-0.39, 0.29) is 37.7 Å². The monoisotopic (exact) mass is 506 g/mol. The van der Waals surface area contributed by atoms with Crippen LogP contribution in [0.2, 0.25) is 0 Å². The van der Waals surface area contributed by atoms with Crippen LogP contribution in [0.3, 0.4) is 0 Å². The average molecular weight is 507 g/mol. The van der Waals surface area contributed by atoms with Crippen molar-refractivity contribution in [3.05, 3.63) is 65.2 Å². The highest BCUT2D eigenvalue weighted by Gasteiger charge is 2.31. The molecule has 10 nitrogen and oxygen atoms in total. The Kier molecular flexibility index (Phi) is 9.29. The lowest BCUT2D eigenvalue weighted by Crippen LogP contribution is -2.52. The lowest BCUT2D eigenvalue weighted by molar-refractivity contribution is -0.142. The van der Waals surface area contributed by atoms with E-state index in [2.05, 4.69) is 15.4 Å². The number of fused-ring (bicyclic) bond motifs is 3. The van der Waals surface area contributed by atoms with Crippen LogP contribution in [-0.4, -0.2) is 58.6 Å². The van der Waals surface area contributed by atoms with Gasteiger partial charge in [-0.05, 0) is 41.0 Å². The molecule has 0 spiro atoms. The molecule has 1 aliphatic rings. The number of alkyl carbamates (subject to hydrolysis) is 1. The molecule has 10 heteroatoms. The fraction of sp³-hybridized carbons (Fsp3) is 0.370. The third kappa shape index (κ3) is 7.11. The fourth-order valence-electron chi connectivity index (χ4n) is 4.43. The van der Waals surface area contributed by atoms with Gasteiger partial charge < -0.3 is 26.0 Å². The molecule has 37 heavy (non-hydrogen) atoms. The molecule has 0 aromatic heterocycles. The Bertz CT molecular complexity index is 1180. The van der Waals surface area contributed by atoms with Gasteiger partial charge >= 0.3 is 18.3 Å². The molecule has 3 N–H and O–H groups in total. The van der Waals surface area contributed by atoms with Crippen LogP contribution in [0.25, 0.3) is 16.7 Å². The van der Waals surface area contributed by atoms with Crippen molar-refractivity contribution in [3.63, 3.8) is 0 Å². The number of rotatable bonds is 12. The molecule has 2 aromatic rings. The number of ether oxygens (including phenoxy) is 1. The topological polar surface area (TPSA) is 158 Å². The van der Waals surface area contributed by atoms with Crippen LogP contribution in [0.1, 0.15) is 50.2 Å². The van der Waals surface area contributed by atoms with Crippen LogP contribution in [-0.2, 0) is 19.1 Å². The van der Waals surface area contributed by atoms with E-state index in [1.165, 1.54) is 0 Å². The molecule has 0 bridgehead atoms. The quantitative estimate of drug-likeness (QED) is 0.228. The van der Waals surface area contributed by atoms with Gasteiger partial charge in [0.05, 0.1) is 0 Å². The van der Waals surface area contributed by atoms with Crippen molar-refractivity contribution >= 4 is 30.0 Å². The number of carbonyl (C=O) groups excluding carboxylic acids is 3. The smallest absolute Gasteiger partial charge is 0.407 e. The third-order valence-corrected chi connectivity index (χ3v) is 6.16. The normalized spacial score (nSPS) is 13.5. The summed E-state index contributed by atoms with van der Waals surface area (Å²) in [6.45, 7) is 3.80. The van der Waals surface area contributed by atoms with E-state index in [0.29, 0.717) is 6.21 Å². The van der Waals surface area contributed by atoms with E-state index in [9.17, 15) is 24.3 Å². The second-order valence-corrected chi connectivity index (χ2v) is 9.30. The first-order valence-electron chi connectivity index (χ1n) is 12.1. The summed E-state index contributed by atoms with van der Waals surface area (Å²) in [6.07, 6.45) is -0.315. The van der Waals surface area contributed by atoms with Crippen molar-refractivity contribution < 1.29 is 33.8 Å². The van der Waals surface area contributed by atoms with Crippen molar-refractivity contribution in [2.75, 3.05) is 6.61 Å². The maximum absolute atomic E-state index is 12.9. The second-order valence-electron chi connectivity index (χ2n) is 9.30. The van der Waals surface area contributed by atoms with E-state index in [4.69, 9.17) is 10.3 Å². The number of nitrogens with zero attached hydrogens (tertiary/aromatic N) is 2. The van der Waals surface area contributed by atoms with Gasteiger partial charge in [0.2, 0.25) is 11.7 Å². The van der Waals surface area contributed by atoms with Crippen LogP contribution in [0.5, 0.6) is 0 Å². The lowest BCUT2D eigenvalue weighted by atomic mass is 9.98. The molecule has 0 saturated carbocycles. The number of hydrogen-bond acceptors (Lipinski definition) is 5. The van der Waals surface area contributed by atoms with Crippen molar-refractivity contribution in [1.82, 2.24) is 10.6 Å². The number of carboxylic acid groups (broad SMARTS) is 1. The summed E-state index contributed by atoms with van der Waals surface area (Å²) in [4.78, 5) is 51.3. The molecule has 0 heterocycles. The molecule has 0 unspecified atom stereocenters. The van der Waals surface area contributed by atoms with Gasteiger partial charge in [-0.2, -0.15) is 4.79 Å². The van der Waals surface area contributed by atoms with Gasteiger partial charge in [-0.15, -0.1) is 0 Å². The largest absolute Gasteiger partial charge is 0.480 e. The van der Waals surface area contributed by atoms with Crippen molar-refractivity contribution in [2.45, 2.75) is 51.1 Å². The van der Waals surface area contributed by atoms with Gasteiger partial charge in [0.1, 0.15) is 18.7 Å². The molecule has 2 atom stereocenters. The molecule has 0 saturated heterocycles. The van der Waals surface area contributed by atoms with Gasteiger partial charge in [-0.3, -0.25) is 9.59 Å². The Morgan fingerprint density at radius 2 is 1.59 bits per heavy atom. The molecule has 1 aliphatic carbocycles. The number of nitrogens with one attached hydrogen (secondary N) is 2. The third-order valence-electron chi connectivity index (χ3n) is 6.16. The molecular weight excluding hydrogens is 476 g/mol. The first-order chi connectivity index (χ1) is 17.7. The average Bonchev–Trinajstić information content (AvgIpc) is 3.18. The van der Waals surface area contributed by atoms with Gasteiger partial charge in [0.15, 0.2) is 0 Å². The number of ketones is 1. The second kappa shape index (κ2) is 12.6. The molecular formula is C27H30N4O6. The minimum absolute atomic E-state index is 0.00950. The first kappa shape index (κ1) is 27.3. The Balaban J connectivity index is 1.64. The number of aliphatic carboxylic acids is 1. The molecule has 2 aromatic carbocycles. The highest BCUT2D eigenvalue weighted by molar-refractivity contribution is 6.25. The van der Waals surface area contributed by atoms with E-state index >= 15 is 0 Å². The molecule has 0 fully saturated rings. The zero-order valence-corrected chi connectivity index (χ0v) is 20.7. The lowest BCUT2D eigenvalue weighted by Gasteiger charge is -2.23. The van der Waals surface area contributed by atoms with Crippen LogP contribution in [0, 0.1) is 5.92 Å². The van der Waals surface area contributed by atoms with Crippen molar-refractivity contribution in [1.29, 1.82) is 0 Å². The van der Waals surface area contributed by atoms with Crippen LogP contribution >= 0.6 is 0 Å². The Labute approximate surface area is 214 Å². The summed E-state index contributed by atoms with van der Waals surface area (Å²) in [5, 5.41) is 14.4. The Hall–Kier alpha value is -4.30. The number of hydrogen-bond donors (Lipinski definition) is 3. The van der Waals surface area contributed by atoms with E-state index in [0.717, 1.165) is 22.3 Å². The molecule has 194 valence electrons. The molecule has 2 amide bonds. The summed E-state index contributed by atoms with van der Waals surface area (Å²) >= 11 is 0. The maximum Gasteiger partial charge on any atom is 0.407 e. The van der Waals surface area contributed by atoms with Gasteiger partial charge in [0.25, 0.3) is 0 Å². The number of amides is 2. The van der Waals surface area contributed by atoms with E-state index in [1.807, 2.05) is 62.4 Å². The number of carboxylic acids is 1. The maximum atomic E-state index is 12.9. The predicted octanol–water partition coefficient (Wildman–Crippen LogP) is 3.16. The molecule has 0 radical (unpaired) electrons. The van der Waals surface area contributed by atoms with Gasteiger partial charge in [-0.25, -0.2) is 9.59 Å². The highest BCUT2D eigenvalue weighted by atomic mass is 16.5. The zero-order valence-electron chi connectivity index (χ0n) is 20.7. The predicted molar refractivity (Wildman–Crippen MR) is 135 cm³/mol. The summed E-state index contributed by atoms with van der Waals surface area (Å²) in [6, 6.07) is 13.4. The summed E-state index contributed by atoms with van der Waals surface area (Å²) < 4.78 is 5.53.